The number of nitrogens with one attached hydrogen (secondary N) is 1. The molecule has 4 rings (SSSR count). The minimum Gasteiger partial charge on any atom is -0.371 e. The van der Waals surface area contributed by atoms with E-state index in [-0.39, 0.29) is 5.82 Å². The highest BCUT2D eigenvalue weighted by atomic mass is 19.1. The summed E-state index contributed by atoms with van der Waals surface area (Å²) in [6.45, 7) is 2.19. The van der Waals surface area contributed by atoms with E-state index in [0.717, 1.165) is 37.6 Å². The number of hydrogen-bond acceptors (Lipinski definition) is 7. The van der Waals surface area contributed by atoms with Gasteiger partial charge in [-0.1, -0.05) is 0 Å². The van der Waals surface area contributed by atoms with Gasteiger partial charge in [-0.05, 0) is 18.9 Å². The molecule has 10 heteroatoms. The van der Waals surface area contributed by atoms with Gasteiger partial charge in [-0.3, -0.25) is 4.68 Å². The van der Waals surface area contributed by atoms with Crippen LogP contribution in [0.15, 0.2) is 24.7 Å². The average molecular weight is 371 g/mol. The number of nitrogens with zero attached hydrogens (tertiary/aromatic N) is 8. The Hall–Kier alpha value is -3.04. The van der Waals surface area contributed by atoms with Crippen LogP contribution in [0.4, 0.5) is 16.2 Å². The zero-order chi connectivity index (χ0) is 18.8. The first kappa shape index (κ1) is 17.4. The molecule has 0 aromatic carbocycles. The molecule has 1 fully saturated rings. The molecule has 0 aliphatic carbocycles. The van der Waals surface area contributed by atoms with E-state index in [0.29, 0.717) is 18.4 Å². The third-order valence-corrected chi connectivity index (χ3v) is 4.97. The standard InChI is InChI=1S/C17H22FN9/c1-19-15-13(18)10-20-17(22-15)26-8-4-12(5-9-26)16-24-23-14(25(16)2)11-27-7-3-6-21-27/h3,6-7,10,12H,4-5,8-9,11H2,1-2H3,(H,19,20,22). The monoisotopic (exact) mass is 371 g/mol. The Morgan fingerprint density at radius 2 is 2.07 bits per heavy atom. The largest absolute Gasteiger partial charge is 0.371 e. The fourth-order valence-corrected chi connectivity index (χ4v) is 3.43. The Kier molecular flexibility index (Phi) is 4.69. The van der Waals surface area contributed by atoms with Crippen LogP contribution in [0.5, 0.6) is 0 Å². The second kappa shape index (κ2) is 7.29. The van der Waals surface area contributed by atoms with Crippen molar-refractivity contribution in [2.75, 3.05) is 30.4 Å². The molecule has 0 spiro atoms. The summed E-state index contributed by atoms with van der Waals surface area (Å²) in [6.07, 6.45) is 6.72. The summed E-state index contributed by atoms with van der Waals surface area (Å²) in [5.41, 5.74) is 0. The van der Waals surface area contributed by atoms with E-state index in [9.17, 15) is 4.39 Å². The molecule has 4 heterocycles. The van der Waals surface area contributed by atoms with Crippen molar-refractivity contribution in [2.24, 2.45) is 7.05 Å². The Bertz CT molecular complexity index is 897. The molecule has 3 aromatic heterocycles. The predicted octanol–water partition coefficient (Wildman–Crippen LogP) is 1.41. The minimum absolute atomic E-state index is 0.221. The van der Waals surface area contributed by atoms with Crippen molar-refractivity contribution in [1.82, 2.24) is 34.5 Å². The lowest BCUT2D eigenvalue weighted by Gasteiger charge is -2.31. The number of halogens is 1. The van der Waals surface area contributed by atoms with E-state index >= 15 is 0 Å². The second-order valence-electron chi connectivity index (χ2n) is 6.61. The van der Waals surface area contributed by atoms with Gasteiger partial charge in [0.2, 0.25) is 5.95 Å². The number of piperidine rings is 1. The van der Waals surface area contributed by atoms with Gasteiger partial charge in [0.25, 0.3) is 0 Å². The van der Waals surface area contributed by atoms with Gasteiger partial charge in [0, 0.05) is 45.5 Å². The highest BCUT2D eigenvalue weighted by Gasteiger charge is 2.26. The van der Waals surface area contributed by atoms with Crippen LogP contribution >= 0.6 is 0 Å². The van der Waals surface area contributed by atoms with Crippen LogP contribution in [0.2, 0.25) is 0 Å². The zero-order valence-electron chi connectivity index (χ0n) is 15.4. The summed E-state index contributed by atoms with van der Waals surface area (Å²) in [5.74, 6) is 2.54. The SMILES string of the molecule is CNc1nc(N2CCC(c3nnc(Cn4cccn4)n3C)CC2)ncc1F. The van der Waals surface area contributed by atoms with Gasteiger partial charge in [0.15, 0.2) is 17.5 Å². The zero-order valence-corrected chi connectivity index (χ0v) is 15.4. The summed E-state index contributed by atoms with van der Waals surface area (Å²) in [4.78, 5) is 10.5. The highest BCUT2D eigenvalue weighted by molar-refractivity contribution is 5.42. The molecule has 1 saturated heterocycles. The molecule has 142 valence electrons. The number of anilines is 2. The fraction of sp³-hybridized carbons (Fsp3) is 0.471. The van der Waals surface area contributed by atoms with Crippen LogP contribution in [-0.2, 0) is 13.6 Å². The fourth-order valence-electron chi connectivity index (χ4n) is 3.43. The van der Waals surface area contributed by atoms with Crippen LogP contribution in [0.1, 0.15) is 30.4 Å². The van der Waals surface area contributed by atoms with Gasteiger partial charge in [0.05, 0.1) is 6.20 Å². The van der Waals surface area contributed by atoms with Crippen molar-refractivity contribution in [1.29, 1.82) is 0 Å². The number of rotatable bonds is 5. The second-order valence-corrected chi connectivity index (χ2v) is 6.61. The van der Waals surface area contributed by atoms with Crippen molar-refractivity contribution >= 4 is 11.8 Å². The third kappa shape index (κ3) is 3.46. The van der Waals surface area contributed by atoms with E-state index in [1.54, 1.807) is 13.2 Å². The molecule has 27 heavy (non-hydrogen) atoms. The van der Waals surface area contributed by atoms with E-state index in [4.69, 9.17) is 0 Å². The van der Waals surface area contributed by atoms with Crippen LogP contribution in [-0.4, -0.2) is 54.7 Å². The van der Waals surface area contributed by atoms with Crippen LogP contribution in [0.3, 0.4) is 0 Å². The highest BCUT2D eigenvalue weighted by Crippen LogP contribution is 2.29. The normalized spacial score (nSPS) is 15.3. The minimum atomic E-state index is -0.445. The summed E-state index contributed by atoms with van der Waals surface area (Å²) in [5, 5.41) is 15.7. The van der Waals surface area contributed by atoms with E-state index in [2.05, 4.69) is 40.0 Å². The Labute approximate surface area is 156 Å². The number of aromatic nitrogens is 7. The third-order valence-electron chi connectivity index (χ3n) is 4.97. The molecular formula is C17H22FN9. The molecule has 0 radical (unpaired) electrons. The van der Waals surface area contributed by atoms with Crippen LogP contribution in [0, 0.1) is 5.82 Å². The maximum atomic E-state index is 13.6. The maximum Gasteiger partial charge on any atom is 0.227 e. The first-order valence-corrected chi connectivity index (χ1v) is 8.96. The molecular weight excluding hydrogens is 349 g/mol. The summed E-state index contributed by atoms with van der Waals surface area (Å²) in [7, 11) is 3.65. The van der Waals surface area contributed by atoms with Gasteiger partial charge >= 0.3 is 0 Å². The number of hydrogen-bond donors (Lipinski definition) is 1. The van der Waals surface area contributed by atoms with Gasteiger partial charge < -0.3 is 14.8 Å². The van der Waals surface area contributed by atoms with Gasteiger partial charge in [-0.2, -0.15) is 10.1 Å². The molecule has 0 bridgehead atoms. The molecule has 0 amide bonds. The van der Waals surface area contributed by atoms with Gasteiger partial charge in [0.1, 0.15) is 12.4 Å². The summed E-state index contributed by atoms with van der Waals surface area (Å²) >= 11 is 0. The van der Waals surface area contributed by atoms with E-state index in [1.165, 1.54) is 6.20 Å². The van der Waals surface area contributed by atoms with Crippen molar-refractivity contribution in [3.63, 3.8) is 0 Å². The smallest absolute Gasteiger partial charge is 0.227 e. The first-order valence-electron chi connectivity index (χ1n) is 8.96. The topological polar surface area (TPSA) is 89.6 Å². The van der Waals surface area contributed by atoms with Crippen LogP contribution in [0.25, 0.3) is 0 Å². The van der Waals surface area contributed by atoms with E-state index in [1.807, 2.05) is 24.0 Å². The molecule has 3 aromatic rings. The first-order chi connectivity index (χ1) is 13.2. The lowest BCUT2D eigenvalue weighted by Crippen LogP contribution is -2.35. The molecule has 1 N–H and O–H groups in total. The van der Waals surface area contributed by atoms with Crippen molar-refractivity contribution < 1.29 is 4.39 Å². The van der Waals surface area contributed by atoms with Crippen molar-refractivity contribution in [3.05, 3.63) is 42.1 Å². The molecule has 9 nitrogen and oxygen atoms in total. The lowest BCUT2D eigenvalue weighted by atomic mass is 9.96. The maximum absolute atomic E-state index is 13.6. The average Bonchev–Trinajstić information content (AvgIpc) is 3.33. The van der Waals surface area contributed by atoms with Gasteiger partial charge in [-0.15, -0.1) is 10.2 Å². The summed E-state index contributed by atoms with van der Waals surface area (Å²) < 4.78 is 17.5. The lowest BCUT2D eigenvalue weighted by molar-refractivity contribution is 0.466. The van der Waals surface area contributed by atoms with Crippen molar-refractivity contribution in [3.8, 4) is 0 Å². The molecule has 0 saturated carbocycles. The Morgan fingerprint density at radius 3 is 2.78 bits per heavy atom. The molecule has 0 atom stereocenters. The predicted molar refractivity (Wildman–Crippen MR) is 98.1 cm³/mol. The van der Waals surface area contributed by atoms with Crippen LogP contribution < -0.4 is 10.2 Å². The van der Waals surface area contributed by atoms with E-state index < -0.39 is 5.82 Å². The Morgan fingerprint density at radius 1 is 1.26 bits per heavy atom. The Balaban J connectivity index is 1.43. The summed E-state index contributed by atoms with van der Waals surface area (Å²) in [6, 6.07) is 1.89. The van der Waals surface area contributed by atoms with Gasteiger partial charge in [-0.25, -0.2) is 9.37 Å². The molecule has 1 aliphatic heterocycles. The molecule has 1 aliphatic rings. The molecule has 0 unspecified atom stereocenters. The quantitative estimate of drug-likeness (QED) is 0.725. The van der Waals surface area contributed by atoms with Crippen molar-refractivity contribution in [2.45, 2.75) is 25.3 Å².